The van der Waals surface area contributed by atoms with E-state index < -0.39 is 0 Å². The molecular formula is C48H40BrN4P. The average molecular weight is 784 g/mol. The molecule has 54 heavy (non-hydrogen) atoms. The van der Waals surface area contributed by atoms with Gasteiger partial charge in [0, 0.05) is 54.5 Å². The number of hydrogen-bond donors (Lipinski definition) is 2. The minimum absolute atomic E-state index is 0. The van der Waals surface area contributed by atoms with Crippen LogP contribution in [0.3, 0.4) is 0 Å². The Morgan fingerprint density at radius 3 is 1.28 bits per heavy atom. The summed E-state index contributed by atoms with van der Waals surface area (Å²) in [5.41, 5.74) is 15.6. The number of nitrogens with zero attached hydrogens (tertiary/aromatic N) is 2. The number of hydrogen-bond acceptors (Lipinski definition) is 2. The number of anilines is 3. The molecule has 0 spiro atoms. The SMILES string of the molecule is Brc1ccc2c3ccccc3n(-c3ccccc3)c2c1.Nc1ccccc1.P.c1ccc(Nc2ccc3c4ccccc4n(-c4ccccc4)c3c2)cc1. The van der Waals surface area contributed by atoms with E-state index in [9.17, 15) is 0 Å². The van der Waals surface area contributed by atoms with E-state index in [2.05, 4.69) is 182 Å². The van der Waals surface area contributed by atoms with E-state index in [1.165, 1.54) is 55.0 Å². The Morgan fingerprint density at radius 2 is 0.778 bits per heavy atom. The Labute approximate surface area is 327 Å². The highest BCUT2D eigenvalue weighted by Gasteiger charge is 2.13. The molecule has 0 radical (unpaired) electrons. The number of nitrogens with two attached hydrogens (primary N) is 1. The van der Waals surface area contributed by atoms with Crippen molar-refractivity contribution < 1.29 is 0 Å². The number of rotatable bonds is 4. The lowest BCUT2D eigenvalue weighted by Gasteiger charge is -2.10. The van der Waals surface area contributed by atoms with Gasteiger partial charge in [0.25, 0.3) is 0 Å². The van der Waals surface area contributed by atoms with Crippen LogP contribution in [0.5, 0.6) is 0 Å². The fourth-order valence-corrected chi connectivity index (χ4v) is 7.19. The van der Waals surface area contributed by atoms with Crippen molar-refractivity contribution in [3.05, 3.63) is 211 Å². The number of fused-ring (bicyclic) bond motifs is 6. The van der Waals surface area contributed by atoms with Crippen molar-refractivity contribution in [3.8, 4) is 11.4 Å². The van der Waals surface area contributed by atoms with Gasteiger partial charge in [-0.05, 0) is 84.9 Å². The van der Waals surface area contributed by atoms with Crippen LogP contribution >= 0.6 is 25.8 Å². The number of aromatic nitrogens is 2. The molecule has 1 atom stereocenters. The van der Waals surface area contributed by atoms with Crippen molar-refractivity contribution in [1.82, 2.24) is 9.13 Å². The van der Waals surface area contributed by atoms with Gasteiger partial charge in [-0.2, -0.15) is 9.90 Å². The first-order chi connectivity index (χ1) is 26.1. The van der Waals surface area contributed by atoms with Crippen molar-refractivity contribution in [3.63, 3.8) is 0 Å². The normalized spacial score (nSPS) is 10.6. The Hall–Kier alpha value is -6.13. The van der Waals surface area contributed by atoms with Crippen molar-refractivity contribution in [2.75, 3.05) is 11.1 Å². The van der Waals surface area contributed by atoms with E-state index in [-0.39, 0.29) is 9.90 Å². The maximum absolute atomic E-state index is 5.36. The topological polar surface area (TPSA) is 47.9 Å². The zero-order chi connectivity index (χ0) is 36.0. The second-order valence-electron chi connectivity index (χ2n) is 12.7. The van der Waals surface area contributed by atoms with Gasteiger partial charge in [0.1, 0.15) is 0 Å². The quantitative estimate of drug-likeness (QED) is 0.138. The average Bonchev–Trinajstić information content (AvgIpc) is 3.72. The molecule has 8 aromatic carbocycles. The molecule has 2 heterocycles. The number of nitrogen functional groups attached to an aromatic ring is 1. The molecule has 10 rings (SSSR count). The smallest absolute Gasteiger partial charge is 0.0561 e. The van der Waals surface area contributed by atoms with E-state index in [1.54, 1.807) is 0 Å². The van der Waals surface area contributed by atoms with Crippen LogP contribution in [0, 0.1) is 0 Å². The van der Waals surface area contributed by atoms with E-state index >= 15 is 0 Å². The third-order valence-corrected chi connectivity index (χ3v) is 9.69. The van der Waals surface area contributed by atoms with E-state index in [0.717, 1.165) is 21.5 Å². The number of halogens is 1. The van der Waals surface area contributed by atoms with Crippen LogP contribution in [0.15, 0.2) is 211 Å². The van der Waals surface area contributed by atoms with Crippen LogP contribution in [0.4, 0.5) is 17.1 Å². The second kappa shape index (κ2) is 16.7. The summed E-state index contributed by atoms with van der Waals surface area (Å²) in [6.45, 7) is 0. The van der Waals surface area contributed by atoms with Crippen molar-refractivity contribution in [2.45, 2.75) is 0 Å². The minimum atomic E-state index is 0. The molecule has 0 amide bonds. The van der Waals surface area contributed by atoms with Crippen LogP contribution < -0.4 is 11.1 Å². The molecule has 264 valence electrons. The highest BCUT2D eigenvalue weighted by Crippen LogP contribution is 2.35. The number of para-hydroxylation sites is 6. The molecule has 0 saturated carbocycles. The zero-order valence-electron chi connectivity index (χ0n) is 29.7. The van der Waals surface area contributed by atoms with E-state index in [1.807, 2.05) is 54.6 Å². The van der Waals surface area contributed by atoms with E-state index in [4.69, 9.17) is 5.73 Å². The molecule has 0 aliphatic carbocycles. The summed E-state index contributed by atoms with van der Waals surface area (Å²) in [4.78, 5) is 0. The molecule has 3 N–H and O–H groups in total. The van der Waals surface area contributed by atoms with Gasteiger partial charge in [-0.3, -0.25) is 0 Å². The maximum Gasteiger partial charge on any atom is 0.0561 e. The predicted molar refractivity (Wildman–Crippen MR) is 241 cm³/mol. The van der Waals surface area contributed by atoms with Gasteiger partial charge in [0.05, 0.1) is 22.1 Å². The van der Waals surface area contributed by atoms with Gasteiger partial charge < -0.3 is 20.2 Å². The molecule has 0 aliphatic heterocycles. The van der Waals surface area contributed by atoms with E-state index in [0.29, 0.717) is 0 Å². The van der Waals surface area contributed by atoms with Gasteiger partial charge >= 0.3 is 0 Å². The summed E-state index contributed by atoms with van der Waals surface area (Å²) in [5, 5.41) is 8.62. The monoisotopic (exact) mass is 782 g/mol. The number of benzene rings is 8. The Morgan fingerprint density at radius 1 is 0.370 bits per heavy atom. The van der Waals surface area contributed by atoms with Gasteiger partial charge in [-0.1, -0.05) is 137 Å². The highest BCUT2D eigenvalue weighted by molar-refractivity contribution is 9.10. The molecule has 0 fully saturated rings. The third kappa shape index (κ3) is 7.65. The molecule has 0 saturated heterocycles. The van der Waals surface area contributed by atoms with Crippen molar-refractivity contribution in [1.29, 1.82) is 0 Å². The predicted octanol–water partition coefficient (Wildman–Crippen LogP) is 13.4. The largest absolute Gasteiger partial charge is 0.399 e. The van der Waals surface area contributed by atoms with Gasteiger partial charge in [0.15, 0.2) is 0 Å². The molecule has 10 aromatic rings. The van der Waals surface area contributed by atoms with Gasteiger partial charge in [-0.25, -0.2) is 0 Å². The Kier molecular flexibility index (Phi) is 11.2. The summed E-state index contributed by atoms with van der Waals surface area (Å²) in [5.74, 6) is 0. The summed E-state index contributed by atoms with van der Waals surface area (Å²) in [7, 11) is 0. The van der Waals surface area contributed by atoms with Crippen LogP contribution in [0.25, 0.3) is 55.0 Å². The van der Waals surface area contributed by atoms with Crippen LogP contribution in [-0.2, 0) is 0 Å². The summed E-state index contributed by atoms with van der Waals surface area (Å²) in [6, 6.07) is 71.0. The summed E-state index contributed by atoms with van der Waals surface area (Å²) in [6.07, 6.45) is 0. The van der Waals surface area contributed by atoms with Crippen LogP contribution in [-0.4, -0.2) is 9.13 Å². The lowest BCUT2D eigenvalue weighted by atomic mass is 10.1. The maximum atomic E-state index is 5.36. The lowest BCUT2D eigenvalue weighted by molar-refractivity contribution is 1.18. The molecule has 1 unspecified atom stereocenters. The summed E-state index contributed by atoms with van der Waals surface area (Å²) >= 11 is 3.58. The highest BCUT2D eigenvalue weighted by atomic mass is 79.9. The Bertz CT molecular complexity index is 2760. The fraction of sp³-hybridized carbons (Fsp3) is 0. The van der Waals surface area contributed by atoms with Gasteiger partial charge in [0.2, 0.25) is 0 Å². The first-order valence-electron chi connectivity index (χ1n) is 17.6. The molecule has 6 heteroatoms. The lowest BCUT2D eigenvalue weighted by Crippen LogP contribution is -1.94. The van der Waals surface area contributed by atoms with Crippen LogP contribution in [0.1, 0.15) is 0 Å². The van der Waals surface area contributed by atoms with Crippen LogP contribution in [0.2, 0.25) is 0 Å². The molecule has 4 nitrogen and oxygen atoms in total. The minimum Gasteiger partial charge on any atom is -0.399 e. The zero-order valence-corrected chi connectivity index (χ0v) is 32.7. The fourth-order valence-electron chi connectivity index (χ4n) is 6.84. The molecular weight excluding hydrogens is 743 g/mol. The second-order valence-corrected chi connectivity index (χ2v) is 13.6. The van der Waals surface area contributed by atoms with Crippen molar-refractivity contribution in [2.24, 2.45) is 0 Å². The van der Waals surface area contributed by atoms with Gasteiger partial charge in [-0.15, -0.1) is 0 Å². The molecule has 0 aliphatic rings. The number of nitrogens with one attached hydrogen (secondary N) is 1. The van der Waals surface area contributed by atoms with Crippen molar-refractivity contribution >= 4 is 86.5 Å². The molecule has 2 aromatic heterocycles. The standard InChI is InChI=1S/C24H18N2.C18H12BrN.C6H7N.H3P/c1-3-9-18(10-4-1)25-19-15-16-22-21-13-7-8-14-23(21)26(24(22)17-19)20-11-5-2-6-12-20;19-13-10-11-16-15-8-4-5-9-17(15)20(18(16)12-13)14-6-2-1-3-7-14;7-6-4-2-1-3-5-6;/h1-17,25H;1-12H;1-5H,7H2;1H3. The first kappa shape index (κ1) is 36.2. The first-order valence-corrected chi connectivity index (χ1v) is 18.4. The molecule has 0 bridgehead atoms. The third-order valence-electron chi connectivity index (χ3n) is 9.20. The Balaban J connectivity index is 0.000000142. The summed E-state index contributed by atoms with van der Waals surface area (Å²) < 4.78 is 5.75.